The van der Waals surface area contributed by atoms with Crippen molar-refractivity contribution in [2.45, 2.75) is 40.5 Å². The van der Waals surface area contributed by atoms with Gasteiger partial charge < -0.3 is 10.1 Å². The Kier molecular flexibility index (Phi) is 5.75. The van der Waals surface area contributed by atoms with Crippen LogP contribution in [0.5, 0.6) is 6.01 Å². The summed E-state index contributed by atoms with van der Waals surface area (Å²) in [6, 6.07) is 0.281. The lowest BCUT2D eigenvalue weighted by atomic mass is 9.92. The molecule has 0 radical (unpaired) electrons. The molecule has 1 heterocycles. The van der Waals surface area contributed by atoms with Crippen LogP contribution in [0.3, 0.4) is 0 Å². The Morgan fingerprint density at radius 1 is 1.16 bits per heavy atom. The highest BCUT2D eigenvalue weighted by molar-refractivity contribution is 5.34. The summed E-state index contributed by atoms with van der Waals surface area (Å²) in [7, 11) is 0. The minimum atomic E-state index is 0.260. The largest absolute Gasteiger partial charge is 0.463 e. The van der Waals surface area contributed by atoms with Crippen LogP contribution in [0.4, 0.5) is 11.9 Å². The van der Waals surface area contributed by atoms with Crippen molar-refractivity contribution in [1.29, 1.82) is 0 Å². The van der Waals surface area contributed by atoms with Gasteiger partial charge in [0.1, 0.15) is 0 Å². The Hall–Kier alpha value is -1.63. The highest BCUT2D eigenvalue weighted by Crippen LogP contribution is 2.18. The molecule has 0 bridgehead atoms. The topological polar surface area (TPSA) is 98.0 Å². The van der Waals surface area contributed by atoms with Crippen molar-refractivity contribution >= 4 is 11.9 Å². The van der Waals surface area contributed by atoms with Crippen LogP contribution in [0.25, 0.3) is 0 Å². The molecule has 0 atom stereocenters. The molecule has 0 aliphatic heterocycles. The van der Waals surface area contributed by atoms with Crippen LogP contribution in [0.15, 0.2) is 0 Å². The van der Waals surface area contributed by atoms with E-state index in [2.05, 4.69) is 46.5 Å². The fourth-order valence-electron chi connectivity index (χ4n) is 1.31. The van der Waals surface area contributed by atoms with Crippen LogP contribution in [-0.2, 0) is 0 Å². The van der Waals surface area contributed by atoms with Gasteiger partial charge in [-0.2, -0.15) is 15.0 Å². The number of anilines is 2. The van der Waals surface area contributed by atoms with Crippen molar-refractivity contribution in [2.24, 2.45) is 11.3 Å². The third kappa shape index (κ3) is 6.19. The first-order chi connectivity index (χ1) is 8.94. The molecule has 0 saturated carbocycles. The molecule has 0 amide bonds. The lowest BCUT2D eigenvalue weighted by molar-refractivity contribution is 0.292. The normalized spacial score (nSPS) is 11.2. The summed E-state index contributed by atoms with van der Waals surface area (Å²) in [5, 5.41) is 3.15. The molecule has 19 heavy (non-hydrogen) atoms. The summed E-state index contributed by atoms with van der Waals surface area (Å²) in [4.78, 5) is 12.3. The fraction of sp³-hybridized carbons (Fsp3) is 0.750. The van der Waals surface area contributed by atoms with Gasteiger partial charge in [0.05, 0.1) is 6.61 Å². The first kappa shape index (κ1) is 15.4. The van der Waals surface area contributed by atoms with Gasteiger partial charge in [0.2, 0.25) is 11.9 Å². The van der Waals surface area contributed by atoms with E-state index in [4.69, 9.17) is 10.6 Å². The third-order valence-corrected chi connectivity index (χ3v) is 2.34. The average Bonchev–Trinajstić information content (AvgIpc) is 2.34. The number of hydrazine groups is 1. The molecule has 0 aromatic carbocycles. The van der Waals surface area contributed by atoms with Gasteiger partial charge in [-0.15, -0.1) is 0 Å². The summed E-state index contributed by atoms with van der Waals surface area (Å²) in [5.74, 6) is 6.09. The SMILES string of the molecule is CCCOc1nc(NN)nc(NCCC(C)(C)C)n1. The maximum Gasteiger partial charge on any atom is 0.323 e. The van der Waals surface area contributed by atoms with Crippen LogP contribution in [0.1, 0.15) is 40.5 Å². The summed E-state index contributed by atoms with van der Waals surface area (Å²) < 4.78 is 5.39. The Labute approximate surface area is 114 Å². The molecule has 0 spiro atoms. The fourth-order valence-corrected chi connectivity index (χ4v) is 1.31. The van der Waals surface area contributed by atoms with Crippen LogP contribution >= 0.6 is 0 Å². The zero-order chi connectivity index (χ0) is 14.3. The van der Waals surface area contributed by atoms with E-state index in [0.29, 0.717) is 18.5 Å². The van der Waals surface area contributed by atoms with E-state index in [-0.39, 0.29) is 11.4 Å². The van der Waals surface area contributed by atoms with Crippen LogP contribution in [0, 0.1) is 5.41 Å². The second kappa shape index (κ2) is 7.08. The minimum absolute atomic E-state index is 0.260. The molecule has 1 aromatic heterocycles. The zero-order valence-electron chi connectivity index (χ0n) is 12.2. The van der Waals surface area contributed by atoms with E-state index in [1.165, 1.54) is 0 Å². The first-order valence-corrected chi connectivity index (χ1v) is 6.54. The Morgan fingerprint density at radius 2 is 1.84 bits per heavy atom. The van der Waals surface area contributed by atoms with Crippen molar-refractivity contribution < 1.29 is 4.74 Å². The molecular weight excluding hydrogens is 244 g/mol. The second-order valence-corrected chi connectivity index (χ2v) is 5.50. The molecule has 7 heteroatoms. The van der Waals surface area contributed by atoms with Gasteiger partial charge >= 0.3 is 6.01 Å². The zero-order valence-corrected chi connectivity index (χ0v) is 12.2. The number of aromatic nitrogens is 3. The van der Waals surface area contributed by atoms with E-state index >= 15 is 0 Å². The number of hydrogen-bond acceptors (Lipinski definition) is 7. The van der Waals surface area contributed by atoms with Gasteiger partial charge in [0.25, 0.3) is 0 Å². The number of nitrogens with one attached hydrogen (secondary N) is 2. The van der Waals surface area contributed by atoms with E-state index in [1.807, 2.05) is 6.92 Å². The van der Waals surface area contributed by atoms with Gasteiger partial charge in [-0.3, -0.25) is 5.43 Å². The van der Waals surface area contributed by atoms with E-state index in [9.17, 15) is 0 Å². The van der Waals surface area contributed by atoms with Crippen LogP contribution in [-0.4, -0.2) is 28.1 Å². The van der Waals surface area contributed by atoms with Crippen molar-refractivity contribution in [3.8, 4) is 6.01 Å². The van der Waals surface area contributed by atoms with Crippen LogP contribution in [0.2, 0.25) is 0 Å². The predicted octanol–water partition coefficient (Wildman–Crippen LogP) is 1.79. The van der Waals surface area contributed by atoms with E-state index in [0.717, 1.165) is 19.4 Å². The van der Waals surface area contributed by atoms with Gasteiger partial charge in [-0.25, -0.2) is 5.84 Å². The molecule has 1 aromatic rings. The lowest BCUT2D eigenvalue weighted by Crippen LogP contribution is -2.17. The van der Waals surface area contributed by atoms with Gasteiger partial charge in [-0.05, 0) is 18.3 Å². The Morgan fingerprint density at radius 3 is 2.42 bits per heavy atom. The number of rotatable bonds is 7. The number of nitrogens with zero attached hydrogens (tertiary/aromatic N) is 3. The standard InChI is InChI=1S/C12H24N6O/c1-5-8-19-11-16-9(15-10(17-11)18-13)14-7-6-12(2,3)4/h5-8,13H2,1-4H3,(H2,14,15,16,17,18). The average molecular weight is 268 g/mol. The molecule has 0 saturated heterocycles. The maximum atomic E-state index is 5.39. The van der Waals surface area contributed by atoms with E-state index in [1.54, 1.807) is 0 Å². The first-order valence-electron chi connectivity index (χ1n) is 6.54. The number of ether oxygens (including phenoxy) is 1. The van der Waals surface area contributed by atoms with Crippen molar-refractivity contribution in [3.05, 3.63) is 0 Å². The predicted molar refractivity (Wildman–Crippen MR) is 76.0 cm³/mol. The van der Waals surface area contributed by atoms with Crippen molar-refractivity contribution in [1.82, 2.24) is 15.0 Å². The second-order valence-electron chi connectivity index (χ2n) is 5.50. The molecule has 0 unspecified atom stereocenters. The highest BCUT2D eigenvalue weighted by Gasteiger charge is 2.11. The summed E-state index contributed by atoms with van der Waals surface area (Å²) >= 11 is 0. The van der Waals surface area contributed by atoms with Crippen LogP contribution < -0.4 is 21.3 Å². The van der Waals surface area contributed by atoms with Crippen molar-refractivity contribution in [2.75, 3.05) is 23.9 Å². The molecule has 0 aliphatic rings. The molecule has 4 N–H and O–H groups in total. The number of nitrogen functional groups attached to an aromatic ring is 1. The number of hydrogen-bond donors (Lipinski definition) is 3. The third-order valence-electron chi connectivity index (χ3n) is 2.34. The molecule has 108 valence electrons. The van der Waals surface area contributed by atoms with E-state index < -0.39 is 0 Å². The number of nitrogens with two attached hydrogens (primary N) is 1. The van der Waals surface area contributed by atoms with Gasteiger partial charge in [0.15, 0.2) is 0 Å². The molecule has 7 nitrogen and oxygen atoms in total. The summed E-state index contributed by atoms with van der Waals surface area (Å²) in [5.41, 5.74) is 2.67. The minimum Gasteiger partial charge on any atom is -0.463 e. The summed E-state index contributed by atoms with van der Waals surface area (Å²) in [6.45, 7) is 9.92. The lowest BCUT2D eigenvalue weighted by Gasteiger charge is -2.18. The Bertz CT molecular complexity index is 390. The van der Waals surface area contributed by atoms with Gasteiger partial charge in [0, 0.05) is 6.54 Å². The highest BCUT2D eigenvalue weighted by atomic mass is 16.5. The van der Waals surface area contributed by atoms with Crippen molar-refractivity contribution in [3.63, 3.8) is 0 Å². The molecule has 1 rings (SSSR count). The smallest absolute Gasteiger partial charge is 0.323 e. The quantitative estimate of drug-likeness (QED) is 0.512. The maximum absolute atomic E-state index is 5.39. The Balaban J connectivity index is 2.65. The molecule has 0 aliphatic carbocycles. The monoisotopic (exact) mass is 268 g/mol. The summed E-state index contributed by atoms with van der Waals surface area (Å²) in [6.07, 6.45) is 1.90. The molecule has 0 fully saturated rings. The van der Waals surface area contributed by atoms with Gasteiger partial charge in [-0.1, -0.05) is 27.7 Å². The molecular formula is C12H24N6O.